The number of para-hydroxylation sites is 1. The minimum absolute atomic E-state index is 0.488. The molecule has 3 nitrogen and oxygen atoms in total. The van der Waals surface area contributed by atoms with Crippen LogP contribution in [0.2, 0.25) is 0 Å². The molecule has 0 radical (unpaired) electrons. The van der Waals surface area contributed by atoms with E-state index in [9.17, 15) is 10.0 Å². The summed E-state index contributed by atoms with van der Waals surface area (Å²) in [7, 11) is -1.52. The molecule has 0 saturated heterocycles. The van der Waals surface area contributed by atoms with Crippen LogP contribution in [0.3, 0.4) is 0 Å². The predicted molar refractivity (Wildman–Crippen MR) is 167 cm³/mol. The van der Waals surface area contributed by atoms with Crippen LogP contribution < -0.4 is 10.4 Å². The second kappa shape index (κ2) is 11.5. The van der Waals surface area contributed by atoms with Gasteiger partial charge in [-0.25, -0.2) is 0 Å². The molecule has 0 aliphatic heterocycles. The van der Waals surface area contributed by atoms with E-state index in [1.807, 2.05) is 54.6 Å². The van der Waals surface area contributed by atoms with Crippen molar-refractivity contribution in [1.29, 1.82) is 0 Å². The first-order valence-corrected chi connectivity index (χ1v) is 13.3. The fraction of sp³-hybridized carbons (Fsp3) is 0. The first kappa shape index (κ1) is 25.4. The third-order valence-corrected chi connectivity index (χ3v) is 7.14. The number of hydrogen-bond donors (Lipinski definition) is 2. The number of hydrogen-bond acceptors (Lipinski definition) is 3. The van der Waals surface area contributed by atoms with E-state index in [2.05, 4.69) is 102 Å². The zero-order chi connectivity index (χ0) is 27.3. The summed E-state index contributed by atoms with van der Waals surface area (Å²) < 4.78 is 0. The van der Waals surface area contributed by atoms with Gasteiger partial charge in [-0.1, -0.05) is 121 Å². The van der Waals surface area contributed by atoms with Crippen LogP contribution in [-0.2, 0) is 0 Å². The van der Waals surface area contributed by atoms with Crippen LogP contribution in [0.25, 0.3) is 33.4 Å². The van der Waals surface area contributed by atoms with Gasteiger partial charge in [-0.15, -0.1) is 0 Å². The van der Waals surface area contributed by atoms with Crippen molar-refractivity contribution in [3.63, 3.8) is 0 Å². The van der Waals surface area contributed by atoms with Gasteiger partial charge in [-0.3, -0.25) is 0 Å². The van der Waals surface area contributed by atoms with E-state index in [0.717, 1.165) is 33.8 Å². The Labute approximate surface area is 235 Å². The van der Waals surface area contributed by atoms with Gasteiger partial charge >= 0.3 is 7.12 Å². The van der Waals surface area contributed by atoms with Crippen molar-refractivity contribution in [2.24, 2.45) is 0 Å². The molecular formula is C36H28BNO2. The third-order valence-electron chi connectivity index (χ3n) is 7.14. The summed E-state index contributed by atoms with van der Waals surface area (Å²) in [5.74, 6) is 0. The summed E-state index contributed by atoms with van der Waals surface area (Å²) in [5.41, 5.74) is 10.1. The Morgan fingerprint density at radius 3 is 1.25 bits per heavy atom. The van der Waals surface area contributed by atoms with Crippen molar-refractivity contribution < 1.29 is 10.0 Å². The fourth-order valence-corrected chi connectivity index (χ4v) is 5.09. The summed E-state index contributed by atoms with van der Waals surface area (Å²) in [6, 6.07) is 53.6. The molecular weight excluding hydrogens is 489 g/mol. The molecule has 0 spiro atoms. The van der Waals surface area contributed by atoms with Crippen LogP contribution in [0.5, 0.6) is 0 Å². The van der Waals surface area contributed by atoms with Crippen LogP contribution in [0.1, 0.15) is 0 Å². The van der Waals surface area contributed by atoms with Gasteiger partial charge in [0.05, 0.1) is 0 Å². The minimum atomic E-state index is -1.52. The lowest BCUT2D eigenvalue weighted by Crippen LogP contribution is -2.31. The topological polar surface area (TPSA) is 43.7 Å². The SMILES string of the molecule is OB(O)c1ccccc1-c1ccc(N(c2ccccc2)c2ccc(-c3ccc(-c4ccccc4)cc3)cc2)cc1. The summed E-state index contributed by atoms with van der Waals surface area (Å²) in [5, 5.41) is 19.6. The molecule has 6 rings (SSSR count). The van der Waals surface area contributed by atoms with E-state index in [1.54, 1.807) is 6.07 Å². The molecule has 0 saturated carbocycles. The maximum Gasteiger partial charge on any atom is 0.489 e. The van der Waals surface area contributed by atoms with Gasteiger partial charge < -0.3 is 14.9 Å². The number of rotatable bonds is 7. The van der Waals surface area contributed by atoms with Crippen molar-refractivity contribution in [1.82, 2.24) is 0 Å². The number of benzene rings is 6. The number of nitrogens with zero attached hydrogens (tertiary/aromatic N) is 1. The van der Waals surface area contributed by atoms with E-state index < -0.39 is 7.12 Å². The molecule has 0 aromatic heterocycles. The molecule has 0 atom stereocenters. The van der Waals surface area contributed by atoms with Crippen LogP contribution in [0, 0.1) is 0 Å². The predicted octanol–water partition coefficient (Wildman–Crippen LogP) is 7.84. The molecule has 0 aliphatic carbocycles. The fourth-order valence-electron chi connectivity index (χ4n) is 5.09. The Hall–Kier alpha value is -4.90. The van der Waals surface area contributed by atoms with Crippen molar-refractivity contribution in [2.75, 3.05) is 4.90 Å². The molecule has 0 aliphatic rings. The first-order chi connectivity index (χ1) is 19.7. The summed E-state index contributed by atoms with van der Waals surface area (Å²) in [4.78, 5) is 2.22. The highest BCUT2D eigenvalue weighted by Gasteiger charge is 2.17. The van der Waals surface area contributed by atoms with E-state index in [1.165, 1.54) is 16.7 Å². The van der Waals surface area contributed by atoms with Gasteiger partial charge in [0, 0.05) is 17.1 Å². The third kappa shape index (κ3) is 5.32. The van der Waals surface area contributed by atoms with E-state index in [0.29, 0.717) is 5.46 Å². The Bertz CT molecular complexity index is 1680. The normalized spacial score (nSPS) is 10.8. The lowest BCUT2D eigenvalue weighted by atomic mass is 9.75. The molecule has 0 bridgehead atoms. The summed E-state index contributed by atoms with van der Waals surface area (Å²) in [6.45, 7) is 0. The van der Waals surface area contributed by atoms with E-state index in [-0.39, 0.29) is 0 Å². The molecule has 0 unspecified atom stereocenters. The zero-order valence-corrected chi connectivity index (χ0v) is 21.9. The maximum absolute atomic E-state index is 9.82. The molecule has 6 aromatic rings. The van der Waals surface area contributed by atoms with Gasteiger partial charge in [-0.2, -0.15) is 0 Å². The molecule has 0 fully saturated rings. The van der Waals surface area contributed by atoms with Crippen molar-refractivity contribution >= 4 is 29.6 Å². The summed E-state index contributed by atoms with van der Waals surface area (Å²) in [6.07, 6.45) is 0. The highest BCUT2D eigenvalue weighted by molar-refractivity contribution is 6.60. The maximum atomic E-state index is 9.82. The molecule has 4 heteroatoms. The van der Waals surface area contributed by atoms with E-state index in [4.69, 9.17) is 0 Å². The second-order valence-electron chi connectivity index (χ2n) is 9.67. The lowest BCUT2D eigenvalue weighted by Gasteiger charge is -2.26. The number of anilines is 3. The van der Waals surface area contributed by atoms with Gasteiger partial charge in [-0.05, 0) is 75.2 Å². The zero-order valence-electron chi connectivity index (χ0n) is 21.9. The van der Waals surface area contributed by atoms with Crippen LogP contribution in [0.15, 0.2) is 158 Å². The average Bonchev–Trinajstić information content (AvgIpc) is 3.03. The highest BCUT2D eigenvalue weighted by Crippen LogP contribution is 2.36. The second-order valence-corrected chi connectivity index (χ2v) is 9.67. The van der Waals surface area contributed by atoms with Gasteiger partial charge in [0.15, 0.2) is 0 Å². The standard InChI is InChI=1S/C36H28BNO2/c39-37(40)36-14-8-7-13-35(36)31-21-25-34(26-22-31)38(32-11-5-2-6-12-32)33-23-19-30(20-24-33)29-17-15-28(16-18-29)27-9-3-1-4-10-27/h1-26,39-40H. The quantitative estimate of drug-likeness (QED) is 0.212. The molecule has 40 heavy (non-hydrogen) atoms. The van der Waals surface area contributed by atoms with Crippen LogP contribution in [0.4, 0.5) is 17.1 Å². The monoisotopic (exact) mass is 517 g/mol. The van der Waals surface area contributed by atoms with Crippen molar-refractivity contribution in [3.8, 4) is 33.4 Å². The van der Waals surface area contributed by atoms with Crippen LogP contribution in [-0.4, -0.2) is 17.2 Å². The molecule has 2 N–H and O–H groups in total. The molecule has 0 amide bonds. The van der Waals surface area contributed by atoms with Gasteiger partial charge in [0.2, 0.25) is 0 Å². The summed E-state index contributed by atoms with van der Waals surface area (Å²) >= 11 is 0. The van der Waals surface area contributed by atoms with Crippen LogP contribution >= 0.6 is 0 Å². The Morgan fingerprint density at radius 1 is 0.350 bits per heavy atom. The smallest absolute Gasteiger partial charge is 0.423 e. The van der Waals surface area contributed by atoms with Crippen molar-refractivity contribution in [3.05, 3.63) is 158 Å². The van der Waals surface area contributed by atoms with E-state index >= 15 is 0 Å². The molecule has 6 aromatic carbocycles. The van der Waals surface area contributed by atoms with Crippen molar-refractivity contribution in [2.45, 2.75) is 0 Å². The Kier molecular flexibility index (Phi) is 7.27. The molecule has 192 valence electrons. The molecule has 0 heterocycles. The lowest BCUT2D eigenvalue weighted by molar-refractivity contribution is 0.426. The largest absolute Gasteiger partial charge is 0.489 e. The van der Waals surface area contributed by atoms with Gasteiger partial charge in [0.25, 0.3) is 0 Å². The Morgan fingerprint density at radius 2 is 0.725 bits per heavy atom. The van der Waals surface area contributed by atoms with Gasteiger partial charge in [0.1, 0.15) is 0 Å². The average molecular weight is 517 g/mol. The Balaban J connectivity index is 1.31. The highest BCUT2D eigenvalue weighted by atomic mass is 16.4. The first-order valence-electron chi connectivity index (χ1n) is 13.3. The minimum Gasteiger partial charge on any atom is -0.423 e.